The van der Waals surface area contributed by atoms with Crippen molar-refractivity contribution in [3.8, 4) is 5.69 Å². The van der Waals surface area contributed by atoms with Crippen molar-refractivity contribution in [2.75, 3.05) is 18.8 Å². The molecule has 2 aliphatic rings. The summed E-state index contributed by atoms with van der Waals surface area (Å²) in [7, 11) is -3.17. The van der Waals surface area contributed by atoms with Crippen molar-refractivity contribution in [3.05, 3.63) is 48.0 Å². The van der Waals surface area contributed by atoms with Crippen LogP contribution in [0.3, 0.4) is 0 Å². The number of carbonyl (C=O) groups excluding carboxylic acids is 1. The number of nitrogens with zero attached hydrogens (tertiary/aromatic N) is 3. The molecule has 4 rings (SSSR count). The monoisotopic (exact) mass is 405 g/mol. The summed E-state index contributed by atoms with van der Waals surface area (Å²) in [5, 5.41) is 4.41. The molecular formula is C20H24FN3O3S. The molecule has 2 heterocycles. The van der Waals surface area contributed by atoms with Gasteiger partial charge in [-0.05, 0) is 43.2 Å². The van der Waals surface area contributed by atoms with Gasteiger partial charge >= 0.3 is 0 Å². The Kier molecular flexibility index (Phi) is 4.99. The third kappa shape index (κ3) is 3.57. The fraction of sp³-hybridized carbons (Fsp3) is 0.500. The van der Waals surface area contributed by atoms with Gasteiger partial charge in [0.15, 0.2) is 9.84 Å². The Balaban J connectivity index is 1.46. The highest BCUT2D eigenvalue weighted by atomic mass is 32.2. The van der Waals surface area contributed by atoms with Crippen molar-refractivity contribution >= 4 is 15.7 Å². The minimum atomic E-state index is -3.17. The van der Waals surface area contributed by atoms with E-state index < -0.39 is 14.6 Å². The number of aromatic nitrogens is 2. The first-order chi connectivity index (χ1) is 13.4. The van der Waals surface area contributed by atoms with Crippen molar-refractivity contribution in [3.63, 3.8) is 0 Å². The number of sulfone groups is 1. The second-order valence-electron chi connectivity index (χ2n) is 7.78. The predicted molar refractivity (Wildman–Crippen MR) is 103 cm³/mol. The summed E-state index contributed by atoms with van der Waals surface area (Å²) >= 11 is 0. The number of rotatable bonds is 3. The standard InChI is InChI=1S/C20H24FN3O3S/c21-16-4-6-18(7-5-16)24-11-8-17(22-24)14-19(25)23-12-13-28(26,27)20(15-23)9-2-1-3-10-20/h4-8,11H,1-3,9-10,12-15H2. The van der Waals surface area contributed by atoms with Crippen LogP contribution in [0.2, 0.25) is 0 Å². The molecule has 28 heavy (non-hydrogen) atoms. The van der Waals surface area contributed by atoms with Crippen LogP contribution in [-0.2, 0) is 21.1 Å². The first kappa shape index (κ1) is 19.1. The molecule has 8 heteroatoms. The van der Waals surface area contributed by atoms with Gasteiger partial charge < -0.3 is 4.90 Å². The minimum absolute atomic E-state index is 0.0444. The van der Waals surface area contributed by atoms with E-state index in [1.54, 1.807) is 34.0 Å². The molecule has 1 aliphatic heterocycles. The third-order valence-electron chi connectivity index (χ3n) is 5.95. The van der Waals surface area contributed by atoms with Gasteiger partial charge in [0.1, 0.15) is 5.82 Å². The molecule has 150 valence electrons. The Bertz CT molecular complexity index is 963. The molecule has 0 atom stereocenters. The number of carbonyl (C=O) groups is 1. The van der Waals surface area contributed by atoms with Gasteiger partial charge in [-0.3, -0.25) is 4.79 Å². The van der Waals surface area contributed by atoms with Crippen LogP contribution in [0.5, 0.6) is 0 Å². The third-order valence-corrected chi connectivity index (χ3v) is 8.53. The van der Waals surface area contributed by atoms with Gasteiger partial charge in [0.25, 0.3) is 0 Å². The van der Waals surface area contributed by atoms with Crippen molar-refractivity contribution < 1.29 is 17.6 Å². The second kappa shape index (κ2) is 7.31. The van der Waals surface area contributed by atoms with Crippen LogP contribution in [0.1, 0.15) is 37.8 Å². The molecule has 1 aromatic heterocycles. The molecule has 1 amide bonds. The van der Waals surface area contributed by atoms with Gasteiger partial charge in [-0.15, -0.1) is 0 Å². The Hall–Kier alpha value is -2.22. The molecule has 0 radical (unpaired) electrons. The zero-order valence-electron chi connectivity index (χ0n) is 15.7. The van der Waals surface area contributed by atoms with Crippen LogP contribution in [0.25, 0.3) is 5.69 Å². The molecule has 1 spiro atoms. The topological polar surface area (TPSA) is 72.3 Å². The van der Waals surface area contributed by atoms with Crippen LogP contribution in [0.15, 0.2) is 36.5 Å². The number of amides is 1. The lowest BCUT2D eigenvalue weighted by Crippen LogP contribution is -2.58. The average Bonchev–Trinajstić information content (AvgIpc) is 3.14. The second-order valence-corrected chi connectivity index (χ2v) is 10.3. The Morgan fingerprint density at radius 2 is 1.82 bits per heavy atom. The highest BCUT2D eigenvalue weighted by molar-refractivity contribution is 7.92. The lowest BCUT2D eigenvalue weighted by atomic mass is 9.87. The summed E-state index contributed by atoms with van der Waals surface area (Å²) in [5.74, 6) is -0.366. The quantitative estimate of drug-likeness (QED) is 0.787. The van der Waals surface area contributed by atoms with E-state index in [9.17, 15) is 17.6 Å². The van der Waals surface area contributed by atoms with Crippen LogP contribution in [0.4, 0.5) is 4.39 Å². The Labute approximate surface area is 164 Å². The van der Waals surface area contributed by atoms with Crippen LogP contribution in [-0.4, -0.2) is 52.6 Å². The summed E-state index contributed by atoms with van der Waals surface area (Å²) in [4.78, 5) is 14.5. The first-order valence-electron chi connectivity index (χ1n) is 9.69. The summed E-state index contributed by atoms with van der Waals surface area (Å²) in [6, 6.07) is 7.73. The van der Waals surface area contributed by atoms with Gasteiger partial charge in [0, 0.05) is 19.3 Å². The van der Waals surface area contributed by atoms with E-state index in [1.165, 1.54) is 12.1 Å². The van der Waals surface area contributed by atoms with Crippen LogP contribution < -0.4 is 0 Å². The molecular weight excluding hydrogens is 381 g/mol. The SMILES string of the molecule is O=C(Cc1ccn(-c2ccc(F)cc2)n1)N1CCS(=O)(=O)C2(CCCCC2)C1. The van der Waals surface area contributed by atoms with E-state index in [1.807, 2.05) is 0 Å². The Morgan fingerprint density at radius 3 is 2.54 bits per heavy atom. The predicted octanol–water partition coefficient (Wildman–Crippen LogP) is 2.51. The molecule has 1 aromatic carbocycles. The molecule has 2 fully saturated rings. The Morgan fingerprint density at radius 1 is 1.11 bits per heavy atom. The van der Waals surface area contributed by atoms with E-state index in [2.05, 4.69) is 5.10 Å². The van der Waals surface area contributed by atoms with E-state index in [0.717, 1.165) is 19.3 Å². The molecule has 2 aromatic rings. The number of benzene rings is 1. The maximum Gasteiger partial charge on any atom is 0.228 e. The highest BCUT2D eigenvalue weighted by Gasteiger charge is 2.49. The lowest BCUT2D eigenvalue weighted by molar-refractivity contribution is -0.131. The molecule has 0 bridgehead atoms. The van der Waals surface area contributed by atoms with Gasteiger partial charge in [0.05, 0.1) is 28.3 Å². The zero-order valence-corrected chi connectivity index (χ0v) is 16.5. The van der Waals surface area contributed by atoms with Gasteiger partial charge in [-0.1, -0.05) is 19.3 Å². The maximum atomic E-state index is 13.1. The van der Waals surface area contributed by atoms with E-state index in [-0.39, 0.29) is 30.4 Å². The summed E-state index contributed by atoms with van der Waals surface area (Å²) in [6.45, 7) is 0.550. The molecule has 0 unspecified atom stereocenters. The first-order valence-corrected chi connectivity index (χ1v) is 11.3. The molecule has 1 saturated carbocycles. The molecule has 0 N–H and O–H groups in total. The van der Waals surface area contributed by atoms with E-state index in [0.29, 0.717) is 30.8 Å². The number of hydrogen-bond acceptors (Lipinski definition) is 4. The van der Waals surface area contributed by atoms with Gasteiger partial charge in [-0.2, -0.15) is 5.10 Å². The smallest absolute Gasteiger partial charge is 0.228 e. The van der Waals surface area contributed by atoms with Gasteiger partial charge in [-0.25, -0.2) is 17.5 Å². The van der Waals surface area contributed by atoms with Crippen molar-refractivity contribution in [2.45, 2.75) is 43.3 Å². The molecule has 1 saturated heterocycles. The number of hydrogen-bond donors (Lipinski definition) is 0. The summed E-state index contributed by atoms with van der Waals surface area (Å²) < 4.78 is 39.3. The van der Waals surface area contributed by atoms with Crippen molar-refractivity contribution in [1.82, 2.24) is 14.7 Å². The van der Waals surface area contributed by atoms with Crippen LogP contribution >= 0.6 is 0 Å². The van der Waals surface area contributed by atoms with Gasteiger partial charge in [0.2, 0.25) is 5.91 Å². The lowest BCUT2D eigenvalue weighted by Gasteiger charge is -2.44. The zero-order chi connectivity index (χ0) is 19.8. The molecule has 1 aliphatic carbocycles. The normalized spacial score (nSPS) is 21.0. The highest BCUT2D eigenvalue weighted by Crippen LogP contribution is 2.38. The van der Waals surface area contributed by atoms with Crippen LogP contribution in [0, 0.1) is 5.82 Å². The van der Waals surface area contributed by atoms with E-state index >= 15 is 0 Å². The summed E-state index contributed by atoms with van der Waals surface area (Å²) in [5.41, 5.74) is 1.32. The largest absolute Gasteiger partial charge is 0.340 e. The van der Waals surface area contributed by atoms with Crippen molar-refractivity contribution in [1.29, 1.82) is 0 Å². The summed E-state index contributed by atoms with van der Waals surface area (Å²) in [6.07, 6.45) is 6.04. The minimum Gasteiger partial charge on any atom is -0.340 e. The molecule has 6 nitrogen and oxygen atoms in total. The average molecular weight is 405 g/mol. The van der Waals surface area contributed by atoms with E-state index in [4.69, 9.17) is 0 Å². The van der Waals surface area contributed by atoms with Crippen molar-refractivity contribution in [2.24, 2.45) is 0 Å². The fourth-order valence-corrected chi connectivity index (χ4v) is 6.47. The fourth-order valence-electron chi connectivity index (χ4n) is 4.31. The number of halogens is 1. The maximum absolute atomic E-state index is 13.1.